The monoisotopic (exact) mass is 190 g/mol. The molecule has 0 aliphatic carbocycles. The number of nitrogens with zero attached hydrogens (tertiary/aromatic N) is 1. The second kappa shape index (κ2) is 4.27. The van der Waals surface area contributed by atoms with E-state index < -0.39 is 0 Å². The van der Waals surface area contributed by atoms with Gasteiger partial charge in [-0.3, -0.25) is 0 Å². The van der Waals surface area contributed by atoms with Crippen LogP contribution in [0.5, 0.6) is 5.75 Å². The molecule has 0 bridgehead atoms. The molecule has 0 saturated carbocycles. The lowest BCUT2D eigenvalue weighted by Crippen LogP contribution is -2.08. The van der Waals surface area contributed by atoms with Gasteiger partial charge in [0.15, 0.2) is 6.21 Å². The van der Waals surface area contributed by atoms with Crippen LogP contribution in [-0.2, 0) is 0 Å². The molecule has 0 radical (unpaired) electrons. The van der Waals surface area contributed by atoms with Gasteiger partial charge in [0.2, 0.25) is 0 Å². The number of ether oxygens (including phenoxy) is 1. The summed E-state index contributed by atoms with van der Waals surface area (Å²) in [4.78, 5) is 0. The van der Waals surface area contributed by atoms with Crippen LogP contribution in [0.4, 0.5) is 0 Å². The molecular formula is C12H16NO+. The Morgan fingerprint density at radius 1 is 1.21 bits per heavy atom. The van der Waals surface area contributed by atoms with Crippen molar-refractivity contribution in [2.45, 2.75) is 12.8 Å². The summed E-state index contributed by atoms with van der Waals surface area (Å²) in [5, 5.41) is 0. The van der Waals surface area contributed by atoms with Crippen LogP contribution in [0.3, 0.4) is 0 Å². The molecule has 1 aliphatic heterocycles. The van der Waals surface area contributed by atoms with E-state index in [4.69, 9.17) is 4.74 Å². The predicted molar refractivity (Wildman–Crippen MR) is 57.4 cm³/mol. The Kier molecular flexibility index (Phi) is 2.82. The highest BCUT2D eigenvalue weighted by atomic mass is 16.5. The van der Waals surface area contributed by atoms with Gasteiger partial charge in [0, 0.05) is 12.8 Å². The second-order valence-corrected chi connectivity index (χ2v) is 3.61. The first kappa shape index (κ1) is 9.25. The SMILES string of the molecule is COc1ccccc1C=[N+]1CCCC1. The van der Waals surface area contributed by atoms with Gasteiger partial charge in [-0.05, 0) is 12.1 Å². The van der Waals surface area contributed by atoms with E-state index >= 15 is 0 Å². The van der Waals surface area contributed by atoms with E-state index in [0.717, 1.165) is 5.75 Å². The molecule has 2 nitrogen and oxygen atoms in total. The van der Waals surface area contributed by atoms with Crippen LogP contribution in [0.1, 0.15) is 18.4 Å². The molecule has 0 aromatic heterocycles. The van der Waals surface area contributed by atoms with Gasteiger partial charge in [0.1, 0.15) is 18.8 Å². The van der Waals surface area contributed by atoms with E-state index in [1.807, 2.05) is 18.2 Å². The maximum absolute atomic E-state index is 5.30. The summed E-state index contributed by atoms with van der Waals surface area (Å²) in [5.41, 5.74) is 1.18. The molecule has 0 amide bonds. The quantitative estimate of drug-likeness (QED) is 0.649. The topological polar surface area (TPSA) is 12.2 Å². The minimum Gasteiger partial charge on any atom is -0.496 e. The molecule has 1 aliphatic rings. The lowest BCUT2D eigenvalue weighted by atomic mass is 10.2. The van der Waals surface area contributed by atoms with E-state index in [-0.39, 0.29) is 0 Å². The van der Waals surface area contributed by atoms with Gasteiger partial charge in [0.25, 0.3) is 0 Å². The van der Waals surface area contributed by atoms with Crippen molar-refractivity contribution in [2.24, 2.45) is 0 Å². The number of methoxy groups -OCH3 is 1. The Bertz CT molecular complexity index is 336. The van der Waals surface area contributed by atoms with Crippen LogP contribution in [-0.4, -0.2) is 31.0 Å². The minimum atomic E-state index is 0.958. The largest absolute Gasteiger partial charge is 0.496 e. The molecule has 1 aromatic carbocycles. The Labute approximate surface area is 84.8 Å². The highest BCUT2D eigenvalue weighted by Crippen LogP contribution is 2.15. The van der Waals surface area contributed by atoms with E-state index in [0.29, 0.717) is 0 Å². The molecule has 2 heteroatoms. The molecule has 0 N–H and O–H groups in total. The van der Waals surface area contributed by atoms with Gasteiger partial charge < -0.3 is 4.74 Å². The predicted octanol–water partition coefficient (Wildman–Crippen LogP) is 1.92. The van der Waals surface area contributed by atoms with E-state index in [9.17, 15) is 0 Å². The summed E-state index contributed by atoms with van der Waals surface area (Å²) in [5.74, 6) is 0.958. The molecule has 1 fully saturated rings. The van der Waals surface area contributed by atoms with Gasteiger partial charge in [0.05, 0.1) is 12.7 Å². The molecule has 1 heterocycles. The van der Waals surface area contributed by atoms with Crippen molar-refractivity contribution < 1.29 is 9.31 Å². The van der Waals surface area contributed by atoms with Crippen LogP contribution < -0.4 is 4.74 Å². The van der Waals surface area contributed by atoms with Gasteiger partial charge in [-0.2, -0.15) is 0 Å². The molecule has 1 aromatic rings. The third kappa shape index (κ3) is 1.95. The standard InChI is InChI=1S/C12H16NO/c1-14-12-7-3-2-6-11(12)10-13-8-4-5-9-13/h2-3,6-7,10H,4-5,8-9H2,1H3/q+1. The third-order valence-electron chi connectivity index (χ3n) is 2.60. The van der Waals surface area contributed by atoms with E-state index in [2.05, 4.69) is 16.9 Å². The Hall–Kier alpha value is -1.31. The van der Waals surface area contributed by atoms with Crippen LogP contribution in [0, 0.1) is 0 Å². The summed E-state index contributed by atoms with van der Waals surface area (Å²) in [7, 11) is 1.72. The molecule has 14 heavy (non-hydrogen) atoms. The second-order valence-electron chi connectivity index (χ2n) is 3.61. The fraction of sp³-hybridized carbons (Fsp3) is 0.417. The first-order chi connectivity index (χ1) is 6.90. The van der Waals surface area contributed by atoms with Gasteiger partial charge >= 0.3 is 0 Å². The van der Waals surface area contributed by atoms with Crippen LogP contribution >= 0.6 is 0 Å². The molecular weight excluding hydrogens is 174 g/mol. The normalized spacial score (nSPS) is 15.6. The summed E-state index contributed by atoms with van der Waals surface area (Å²) >= 11 is 0. The molecule has 2 rings (SSSR count). The van der Waals surface area contributed by atoms with Gasteiger partial charge in [-0.25, -0.2) is 4.58 Å². The van der Waals surface area contributed by atoms with Crippen LogP contribution in [0.15, 0.2) is 24.3 Å². The van der Waals surface area contributed by atoms with Crippen molar-refractivity contribution in [1.82, 2.24) is 0 Å². The first-order valence-electron chi connectivity index (χ1n) is 5.12. The molecule has 0 unspecified atom stereocenters. The number of rotatable bonds is 2. The lowest BCUT2D eigenvalue weighted by molar-refractivity contribution is -0.500. The van der Waals surface area contributed by atoms with Crippen molar-refractivity contribution in [3.05, 3.63) is 29.8 Å². The number of benzene rings is 1. The highest BCUT2D eigenvalue weighted by Gasteiger charge is 2.13. The number of para-hydroxylation sites is 1. The molecule has 0 spiro atoms. The Morgan fingerprint density at radius 3 is 2.64 bits per heavy atom. The van der Waals surface area contributed by atoms with Crippen molar-refractivity contribution in [3.8, 4) is 5.75 Å². The summed E-state index contributed by atoms with van der Waals surface area (Å²) in [6.45, 7) is 2.36. The Morgan fingerprint density at radius 2 is 1.93 bits per heavy atom. The minimum absolute atomic E-state index is 0.958. The van der Waals surface area contributed by atoms with Gasteiger partial charge in [-0.15, -0.1) is 0 Å². The van der Waals surface area contributed by atoms with Gasteiger partial charge in [-0.1, -0.05) is 12.1 Å². The third-order valence-corrected chi connectivity index (χ3v) is 2.60. The van der Waals surface area contributed by atoms with Crippen molar-refractivity contribution >= 4 is 6.21 Å². The first-order valence-corrected chi connectivity index (χ1v) is 5.12. The maximum Gasteiger partial charge on any atom is 0.174 e. The average Bonchev–Trinajstić information content (AvgIpc) is 2.71. The van der Waals surface area contributed by atoms with Crippen LogP contribution in [0.25, 0.3) is 0 Å². The van der Waals surface area contributed by atoms with Crippen molar-refractivity contribution in [3.63, 3.8) is 0 Å². The summed E-state index contributed by atoms with van der Waals surface area (Å²) < 4.78 is 7.66. The zero-order valence-corrected chi connectivity index (χ0v) is 8.57. The average molecular weight is 190 g/mol. The Balaban J connectivity index is 2.26. The summed E-state index contributed by atoms with van der Waals surface area (Å²) in [6.07, 6.45) is 4.82. The molecule has 0 atom stereocenters. The zero-order valence-electron chi connectivity index (χ0n) is 8.57. The fourth-order valence-corrected chi connectivity index (χ4v) is 1.84. The van der Waals surface area contributed by atoms with E-state index in [1.54, 1.807) is 7.11 Å². The molecule has 1 saturated heterocycles. The number of hydrogen-bond acceptors (Lipinski definition) is 1. The van der Waals surface area contributed by atoms with E-state index in [1.165, 1.54) is 31.5 Å². The highest BCUT2D eigenvalue weighted by molar-refractivity contribution is 5.79. The zero-order chi connectivity index (χ0) is 9.80. The van der Waals surface area contributed by atoms with Crippen molar-refractivity contribution in [1.29, 1.82) is 0 Å². The smallest absolute Gasteiger partial charge is 0.174 e. The number of hydrogen-bond donors (Lipinski definition) is 0. The summed E-state index contributed by atoms with van der Waals surface area (Å²) in [6, 6.07) is 8.14. The molecule has 74 valence electrons. The maximum atomic E-state index is 5.30. The van der Waals surface area contributed by atoms with Crippen LogP contribution in [0.2, 0.25) is 0 Å². The fourth-order valence-electron chi connectivity index (χ4n) is 1.84. The van der Waals surface area contributed by atoms with Crippen molar-refractivity contribution in [2.75, 3.05) is 20.2 Å². The lowest BCUT2D eigenvalue weighted by Gasteiger charge is -2.01.